The highest BCUT2D eigenvalue weighted by Gasteiger charge is 2.50. The zero-order chi connectivity index (χ0) is 19.9. The number of carbonyl (C=O) groups is 2. The van der Waals surface area contributed by atoms with Crippen molar-refractivity contribution in [1.82, 2.24) is 5.32 Å². The van der Waals surface area contributed by atoms with Gasteiger partial charge < -0.3 is 19.6 Å². The Kier molecular flexibility index (Phi) is 6.93. The van der Waals surface area contributed by atoms with Crippen molar-refractivity contribution in [1.29, 1.82) is 0 Å². The largest absolute Gasteiger partial charge is 0.465 e. The van der Waals surface area contributed by atoms with Gasteiger partial charge in [-0.05, 0) is 15.4 Å². The van der Waals surface area contributed by atoms with Crippen LogP contribution in [0.25, 0.3) is 0 Å². The number of amides is 1. The van der Waals surface area contributed by atoms with Crippen molar-refractivity contribution in [3.8, 4) is 0 Å². The van der Waals surface area contributed by atoms with Crippen molar-refractivity contribution in [3.05, 3.63) is 60.7 Å². The van der Waals surface area contributed by atoms with E-state index in [-0.39, 0.29) is 18.1 Å². The Bertz CT molecular complexity index is 704. The number of carboxylic acid groups (broad SMARTS) is 1. The molecule has 5 nitrogen and oxygen atoms in total. The lowest BCUT2D eigenvalue weighted by Crippen LogP contribution is -2.67. The highest BCUT2D eigenvalue weighted by atomic mass is 28.4. The maximum Gasteiger partial charge on any atom is 0.404 e. The number of rotatable bonds is 8. The van der Waals surface area contributed by atoms with Crippen LogP contribution in [-0.4, -0.2) is 38.5 Å². The molecule has 1 amide bonds. The predicted octanol–water partition coefficient (Wildman–Crippen LogP) is 2.79. The summed E-state index contributed by atoms with van der Waals surface area (Å²) >= 11 is 0. The average molecular weight is 386 g/mol. The van der Waals surface area contributed by atoms with Gasteiger partial charge in [-0.15, -0.1) is 0 Å². The van der Waals surface area contributed by atoms with Gasteiger partial charge in [0.1, 0.15) is 6.29 Å². The van der Waals surface area contributed by atoms with Crippen LogP contribution in [0, 0.1) is 0 Å². The Morgan fingerprint density at radius 3 is 1.93 bits per heavy atom. The normalized spacial score (nSPS) is 13.0. The second-order valence-electron chi connectivity index (χ2n) is 7.52. The molecule has 2 N–H and O–H groups in total. The van der Waals surface area contributed by atoms with Crippen LogP contribution in [0.4, 0.5) is 4.79 Å². The SMILES string of the molecule is CC(C)(C)[Si](OCC(CC=O)NC(=O)O)(c1ccccc1)c1ccccc1. The molecule has 1 unspecified atom stereocenters. The summed E-state index contributed by atoms with van der Waals surface area (Å²) in [6.45, 7) is 6.59. The molecule has 0 saturated carbocycles. The zero-order valence-corrected chi connectivity index (χ0v) is 17.0. The molecule has 0 spiro atoms. The van der Waals surface area contributed by atoms with Gasteiger partial charge in [0, 0.05) is 6.42 Å². The average Bonchev–Trinajstić information content (AvgIpc) is 2.62. The Morgan fingerprint density at radius 2 is 1.56 bits per heavy atom. The van der Waals surface area contributed by atoms with Gasteiger partial charge in [-0.3, -0.25) is 0 Å². The van der Waals surface area contributed by atoms with Gasteiger partial charge in [0.15, 0.2) is 0 Å². The first-order chi connectivity index (χ1) is 12.8. The molecule has 0 saturated heterocycles. The molecular weight excluding hydrogens is 358 g/mol. The fourth-order valence-electron chi connectivity index (χ4n) is 3.45. The Labute approximate surface area is 161 Å². The predicted molar refractivity (Wildman–Crippen MR) is 109 cm³/mol. The summed E-state index contributed by atoms with van der Waals surface area (Å²) in [4.78, 5) is 22.1. The molecule has 0 fully saturated rings. The van der Waals surface area contributed by atoms with E-state index in [1.165, 1.54) is 0 Å². The highest BCUT2D eigenvalue weighted by Crippen LogP contribution is 2.36. The fourth-order valence-corrected chi connectivity index (χ4v) is 8.05. The van der Waals surface area contributed by atoms with Gasteiger partial charge in [0.05, 0.1) is 12.6 Å². The summed E-state index contributed by atoms with van der Waals surface area (Å²) in [5.41, 5.74) is 0. The molecule has 6 heteroatoms. The van der Waals surface area contributed by atoms with Crippen molar-refractivity contribution in [2.24, 2.45) is 0 Å². The van der Waals surface area contributed by atoms with Gasteiger partial charge >= 0.3 is 6.09 Å². The molecule has 2 rings (SSSR count). The minimum atomic E-state index is -2.74. The van der Waals surface area contributed by atoms with Gasteiger partial charge in [0.2, 0.25) is 0 Å². The van der Waals surface area contributed by atoms with E-state index < -0.39 is 20.5 Å². The van der Waals surface area contributed by atoms with Crippen LogP contribution in [0.1, 0.15) is 27.2 Å². The first kappa shape index (κ1) is 20.9. The molecule has 0 radical (unpaired) electrons. The van der Waals surface area contributed by atoms with Crippen LogP contribution in [0.2, 0.25) is 5.04 Å². The molecule has 144 valence electrons. The first-order valence-electron chi connectivity index (χ1n) is 8.99. The monoisotopic (exact) mass is 385 g/mol. The molecule has 0 aliphatic rings. The maximum atomic E-state index is 11.1. The quantitative estimate of drug-likeness (QED) is 0.541. The third kappa shape index (κ3) is 4.84. The van der Waals surface area contributed by atoms with Crippen molar-refractivity contribution in [2.45, 2.75) is 38.3 Å². The van der Waals surface area contributed by atoms with E-state index in [4.69, 9.17) is 9.53 Å². The highest BCUT2D eigenvalue weighted by molar-refractivity contribution is 6.99. The third-order valence-corrected chi connectivity index (χ3v) is 9.63. The van der Waals surface area contributed by atoms with Gasteiger partial charge in [-0.2, -0.15) is 0 Å². The molecule has 27 heavy (non-hydrogen) atoms. The van der Waals surface area contributed by atoms with Crippen LogP contribution in [-0.2, 0) is 9.22 Å². The van der Waals surface area contributed by atoms with Gasteiger partial charge in [-0.1, -0.05) is 81.4 Å². The molecule has 0 aliphatic carbocycles. The summed E-state index contributed by atoms with van der Waals surface area (Å²) in [6, 6.07) is 19.6. The number of nitrogens with one attached hydrogen (secondary N) is 1. The molecule has 0 bridgehead atoms. The van der Waals surface area contributed by atoms with Crippen LogP contribution < -0.4 is 15.7 Å². The van der Waals surface area contributed by atoms with Crippen molar-refractivity contribution in [2.75, 3.05) is 6.61 Å². The fraction of sp³-hybridized carbons (Fsp3) is 0.333. The smallest absolute Gasteiger partial charge is 0.404 e. The summed E-state index contributed by atoms with van der Waals surface area (Å²) in [5.74, 6) is 0. The zero-order valence-electron chi connectivity index (χ0n) is 16.0. The number of aldehydes is 1. The standard InChI is InChI=1S/C21H27NO4Si/c1-21(2,3)27(18-10-6-4-7-11-18,19-12-8-5-9-13-19)26-16-17(14-15-23)22-20(24)25/h4-13,15,17,22H,14,16H2,1-3H3,(H,24,25). The van der Waals surface area contributed by atoms with Crippen LogP contribution in [0.15, 0.2) is 60.7 Å². The lowest BCUT2D eigenvalue weighted by molar-refractivity contribution is -0.108. The lowest BCUT2D eigenvalue weighted by atomic mass is 10.2. The Balaban J connectivity index is 2.52. The summed E-state index contributed by atoms with van der Waals surface area (Å²) in [5, 5.41) is 13.5. The summed E-state index contributed by atoms with van der Waals surface area (Å²) in [7, 11) is -2.74. The van der Waals surface area contributed by atoms with Crippen molar-refractivity contribution < 1.29 is 19.1 Å². The van der Waals surface area contributed by atoms with Crippen molar-refractivity contribution >= 4 is 31.1 Å². The van der Waals surface area contributed by atoms with Crippen LogP contribution in [0.5, 0.6) is 0 Å². The lowest BCUT2D eigenvalue weighted by Gasteiger charge is -2.43. The minimum Gasteiger partial charge on any atom is -0.465 e. The van der Waals surface area contributed by atoms with E-state index in [9.17, 15) is 9.59 Å². The number of hydrogen-bond donors (Lipinski definition) is 2. The minimum absolute atomic E-state index is 0.0739. The van der Waals surface area contributed by atoms with E-state index in [0.717, 1.165) is 16.7 Å². The third-order valence-electron chi connectivity index (χ3n) is 4.63. The van der Waals surface area contributed by atoms with E-state index >= 15 is 0 Å². The molecule has 2 aromatic carbocycles. The topological polar surface area (TPSA) is 75.6 Å². The molecule has 0 aromatic heterocycles. The number of carbonyl (C=O) groups excluding carboxylic acids is 1. The first-order valence-corrected chi connectivity index (χ1v) is 10.9. The molecule has 0 aliphatic heterocycles. The van der Waals surface area contributed by atoms with Crippen LogP contribution >= 0.6 is 0 Å². The van der Waals surface area contributed by atoms with Crippen molar-refractivity contribution in [3.63, 3.8) is 0 Å². The number of benzene rings is 2. The van der Waals surface area contributed by atoms with Crippen LogP contribution in [0.3, 0.4) is 0 Å². The second kappa shape index (κ2) is 8.97. The summed E-state index contributed by atoms with van der Waals surface area (Å²) in [6.07, 6.45) is -0.368. The molecule has 0 heterocycles. The maximum absolute atomic E-state index is 11.1. The summed E-state index contributed by atoms with van der Waals surface area (Å²) < 4.78 is 6.64. The van der Waals surface area contributed by atoms with Gasteiger partial charge in [-0.25, -0.2) is 4.79 Å². The van der Waals surface area contributed by atoms with E-state index in [2.05, 4.69) is 50.4 Å². The van der Waals surface area contributed by atoms with E-state index in [0.29, 0.717) is 0 Å². The Morgan fingerprint density at radius 1 is 1.07 bits per heavy atom. The number of hydrogen-bond acceptors (Lipinski definition) is 3. The Hall–Kier alpha value is -2.44. The van der Waals surface area contributed by atoms with E-state index in [1.54, 1.807) is 0 Å². The van der Waals surface area contributed by atoms with E-state index in [1.807, 2.05) is 36.4 Å². The molecule has 2 aromatic rings. The second-order valence-corrected chi connectivity index (χ2v) is 11.8. The van der Waals surface area contributed by atoms with Gasteiger partial charge in [0.25, 0.3) is 8.32 Å². The molecular formula is C21H27NO4Si. The molecule has 1 atom stereocenters.